The van der Waals surface area contributed by atoms with Crippen molar-refractivity contribution in [3.05, 3.63) is 52.8 Å². The summed E-state index contributed by atoms with van der Waals surface area (Å²) in [6, 6.07) is 8.54. The van der Waals surface area contributed by atoms with Gasteiger partial charge >= 0.3 is 5.97 Å². The van der Waals surface area contributed by atoms with Crippen LogP contribution in [0.15, 0.2) is 36.1 Å². The molecule has 7 heteroatoms. The van der Waals surface area contributed by atoms with E-state index in [1.54, 1.807) is 64.5 Å². The summed E-state index contributed by atoms with van der Waals surface area (Å²) in [5.74, 6) is 1.48. The molecule has 0 aromatic heterocycles. The van der Waals surface area contributed by atoms with Gasteiger partial charge in [-0.05, 0) is 44.2 Å². The second kappa shape index (κ2) is 8.26. The Kier molecular flexibility index (Phi) is 5.77. The van der Waals surface area contributed by atoms with Crippen LogP contribution in [-0.2, 0) is 9.53 Å². The summed E-state index contributed by atoms with van der Waals surface area (Å²) in [6.45, 7) is 3.36. The summed E-state index contributed by atoms with van der Waals surface area (Å²) in [7, 11) is 4.40. The highest BCUT2D eigenvalue weighted by Gasteiger charge is 2.31. The highest BCUT2D eigenvalue weighted by atomic mass is 16.6. The van der Waals surface area contributed by atoms with E-state index in [2.05, 4.69) is 4.74 Å². The molecule has 0 spiro atoms. The van der Waals surface area contributed by atoms with Crippen LogP contribution in [0.25, 0.3) is 6.08 Å². The Labute approximate surface area is 168 Å². The molecule has 0 saturated carbocycles. The minimum atomic E-state index is -0.785. The van der Waals surface area contributed by atoms with Gasteiger partial charge in [0.1, 0.15) is 23.0 Å². The van der Waals surface area contributed by atoms with Crippen molar-refractivity contribution in [2.24, 2.45) is 0 Å². The van der Waals surface area contributed by atoms with Crippen LogP contribution in [0.3, 0.4) is 0 Å². The second-order valence-electron chi connectivity index (χ2n) is 6.40. The molecule has 29 heavy (non-hydrogen) atoms. The lowest BCUT2D eigenvalue weighted by atomic mass is 10.1. The first-order valence-electron chi connectivity index (χ1n) is 8.94. The number of carbonyl (C=O) groups excluding carboxylic acids is 2. The zero-order valence-corrected chi connectivity index (χ0v) is 16.9. The van der Waals surface area contributed by atoms with Crippen molar-refractivity contribution in [2.75, 3.05) is 21.3 Å². The molecule has 152 valence electrons. The van der Waals surface area contributed by atoms with Crippen LogP contribution in [0.2, 0.25) is 0 Å². The Morgan fingerprint density at radius 1 is 1.07 bits per heavy atom. The van der Waals surface area contributed by atoms with Gasteiger partial charge in [-0.15, -0.1) is 0 Å². The highest BCUT2D eigenvalue weighted by Crippen LogP contribution is 2.40. The van der Waals surface area contributed by atoms with Crippen LogP contribution in [0.4, 0.5) is 0 Å². The van der Waals surface area contributed by atoms with E-state index < -0.39 is 12.1 Å². The van der Waals surface area contributed by atoms with Crippen molar-refractivity contribution in [3.63, 3.8) is 0 Å². The minimum Gasteiger partial charge on any atom is -0.497 e. The summed E-state index contributed by atoms with van der Waals surface area (Å²) in [5, 5.41) is 0. The third-order valence-corrected chi connectivity index (χ3v) is 4.60. The maximum Gasteiger partial charge on any atom is 0.346 e. The average Bonchev–Trinajstić information content (AvgIpc) is 3.05. The lowest BCUT2D eigenvalue weighted by molar-refractivity contribution is -0.147. The Balaban J connectivity index is 1.92. The number of ether oxygens (including phenoxy) is 5. The van der Waals surface area contributed by atoms with E-state index in [4.69, 9.17) is 18.9 Å². The van der Waals surface area contributed by atoms with E-state index in [9.17, 15) is 9.59 Å². The van der Waals surface area contributed by atoms with Gasteiger partial charge < -0.3 is 23.7 Å². The number of allylic oxidation sites excluding steroid dienone is 1. The van der Waals surface area contributed by atoms with E-state index in [1.165, 1.54) is 7.11 Å². The second-order valence-corrected chi connectivity index (χ2v) is 6.40. The first kappa shape index (κ1) is 20.3. The molecule has 1 aliphatic rings. The highest BCUT2D eigenvalue weighted by molar-refractivity contribution is 6.15. The SMILES string of the molecule is COC(=O)[C@H](C)Oc1ccc2c(c1C)OC(=Cc1ccc(OC)cc1OC)C2=O. The molecule has 1 atom stereocenters. The van der Waals surface area contributed by atoms with Crippen LogP contribution in [0.1, 0.15) is 28.4 Å². The molecule has 0 aliphatic carbocycles. The maximum absolute atomic E-state index is 12.8. The summed E-state index contributed by atoms with van der Waals surface area (Å²) >= 11 is 0. The number of hydrogen-bond acceptors (Lipinski definition) is 7. The fraction of sp³-hybridized carbons (Fsp3) is 0.273. The standard InChI is InChI=1S/C22H22O7/c1-12-17(28-13(2)22(24)27-5)9-8-16-20(23)19(29-21(12)16)10-14-6-7-15(25-3)11-18(14)26-4/h6-11,13H,1-5H3/t13-/m0/s1. The number of benzene rings is 2. The number of esters is 1. The van der Waals surface area contributed by atoms with Crippen LogP contribution >= 0.6 is 0 Å². The largest absolute Gasteiger partial charge is 0.497 e. The predicted molar refractivity (Wildman–Crippen MR) is 106 cm³/mol. The third-order valence-electron chi connectivity index (χ3n) is 4.60. The minimum absolute atomic E-state index is 0.171. The number of fused-ring (bicyclic) bond motifs is 1. The molecule has 0 radical (unpaired) electrons. The van der Waals surface area contributed by atoms with Gasteiger partial charge in [-0.25, -0.2) is 4.79 Å². The first-order valence-corrected chi connectivity index (χ1v) is 8.94. The molecular formula is C22H22O7. The van der Waals surface area contributed by atoms with Crippen molar-refractivity contribution < 1.29 is 33.3 Å². The maximum atomic E-state index is 12.8. The van der Waals surface area contributed by atoms with Crippen molar-refractivity contribution in [2.45, 2.75) is 20.0 Å². The molecule has 2 aromatic rings. The molecule has 0 bridgehead atoms. The van der Waals surface area contributed by atoms with Crippen molar-refractivity contribution in [3.8, 4) is 23.0 Å². The van der Waals surface area contributed by atoms with Gasteiger partial charge in [-0.1, -0.05) is 0 Å². The summed E-state index contributed by atoms with van der Waals surface area (Å²) < 4.78 is 26.7. The van der Waals surface area contributed by atoms with E-state index in [0.717, 1.165) is 0 Å². The fourth-order valence-corrected chi connectivity index (χ4v) is 2.98. The van der Waals surface area contributed by atoms with Gasteiger partial charge in [0, 0.05) is 17.2 Å². The molecule has 1 aliphatic heterocycles. The predicted octanol–water partition coefficient (Wildman–Crippen LogP) is 3.57. The lowest BCUT2D eigenvalue weighted by Gasteiger charge is -2.15. The Morgan fingerprint density at radius 2 is 1.83 bits per heavy atom. The number of carbonyl (C=O) groups is 2. The van der Waals surface area contributed by atoms with Crippen molar-refractivity contribution in [1.29, 1.82) is 0 Å². The molecule has 7 nitrogen and oxygen atoms in total. The van der Waals surface area contributed by atoms with Gasteiger partial charge in [0.2, 0.25) is 5.78 Å². The average molecular weight is 398 g/mol. The number of hydrogen-bond donors (Lipinski definition) is 0. The van der Waals surface area contributed by atoms with Gasteiger partial charge in [-0.2, -0.15) is 0 Å². The Hall–Kier alpha value is -3.48. The molecule has 1 heterocycles. The molecular weight excluding hydrogens is 376 g/mol. The van der Waals surface area contributed by atoms with Crippen molar-refractivity contribution >= 4 is 17.8 Å². The lowest BCUT2D eigenvalue weighted by Crippen LogP contribution is -2.25. The van der Waals surface area contributed by atoms with Crippen molar-refractivity contribution in [1.82, 2.24) is 0 Å². The molecule has 0 fully saturated rings. The van der Waals surface area contributed by atoms with Gasteiger partial charge in [-0.3, -0.25) is 4.79 Å². The van der Waals surface area contributed by atoms with Crippen LogP contribution in [-0.4, -0.2) is 39.2 Å². The number of rotatable bonds is 6. The summed E-state index contributed by atoms with van der Waals surface area (Å²) in [6.07, 6.45) is 0.838. The fourth-order valence-electron chi connectivity index (χ4n) is 2.98. The number of Topliss-reactive ketones (excluding diaryl/α,β-unsaturated/α-hetero) is 1. The normalized spacial score (nSPS) is 14.8. The van der Waals surface area contributed by atoms with Gasteiger partial charge in [0.15, 0.2) is 11.9 Å². The van der Waals surface area contributed by atoms with E-state index in [1.807, 2.05) is 0 Å². The zero-order chi connectivity index (χ0) is 21.1. The molecule has 0 amide bonds. The third kappa shape index (κ3) is 3.89. The summed E-state index contributed by atoms with van der Waals surface area (Å²) in [5.41, 5.74) is 1.73. The van der Waals surface area contributed by atoms with Crippen LogP contribution in [0.5, 0.6) is 23.0 Å². The number of methoxy groups -OCH3 is 3. The number of ketones is 1. The van der Waals surface area contributed by atoms with Gasteiger partial charge in [0.25, 0.3) is 0 Å². The Morgan fingerprint density at radius 3 is 2.48 bits per heavy atom. The smallest absolute Gasteiger partial charge is 0.346 e. The molecule has 0 unspecified atom stereocenters. The van der Waals surface area contributed by atoms with Gasteiger partial charge in [0.05, 0.1) is 26.9 Å². The molecule has 2 aromatic carbocycles. The monoisotopic (exact) mass is 398 g/mol. The van der Waals surface area contributed by atoms with E-state index in [0.29, 0.717) is 39.7 Å². The summed E-state index contributed by atoms with van der Waals surface area (Å²) in [4.78, 5) is 24.4. The topological polar surface area (TPSA) is 80.3 Å². The molecule has 0 N–H and O–H groups in total. The zero-order valence-electron chi connectivity index (χ0n) is 16.9. The molecule has 0 saturated heterocycles. The van der Waals surface area contributed by atoms with E-state index >= 15 is 0 Å². The first-order chi connectivity index (χ1) is 13.9. The Bertz CT molecular complexity index is 991. The van der Waals surface area contributed by atoms with Crippen LogP contribution in [0, 0.1) is 6.92 Å². The van der Waals surface area contributed by atoms with Crippen LogP contribution < -0.4 is 18.9 Å². The van der Waals surface area contributed by atoms with E-state index in [-0.39, 0.29) is 11.5 Å². The quantitative estimate of drug-likeness (QED) is 0.544. The molecule has 3 rings (SSSR count).